The summed E-state index contributed by atoms with van der Waals surface area (Å²) in [5, 5.41) is 3.37. The first-order valence-corrected chi connectivity index (χ1v) is 11.2. The predicted molar refractivity (Wildman–Crippen MR) is 115 cm³/mol. The molecule has 1 aromatic heterocycles. The molecule has 1 amide bonds. The molecule has 1 heterocycles. The quantitative estimate of drug-likeness (QED) is 0.400. The van der Waals surface area contributed by atoms with Crippen molar-refractivity contribution in [1.29, 1.82) is 0 Å². The molecule has 2 aromatic rings. The van der Waals surface area contributed by atoms with Gasteiger partial charge in [0.05, 0.1) is 5.41 Å². The Kier molecular flexibility index (Phi) is 4.58. The molecule has 0 saturated heterocycles. The van der Waals surface area contributed by atoms with Crippen LogP contribution in [0.3, 0.4) is 0 Å². The van der Waals surface area contributed by atoms with Gasteiger partial charge in [0.1, 0.15) is 12.2 Å². The minimum Gasteiger partial charge on any atom is -0.460 e. The highest BCUT2D eigenvalue weighted by Crippen LogP contribution is 2.64. The normalized spacial score (nSPS) is 31.7. The van der Waals surface area contributed by atoms with Gasteiger partial charge in [-0.2, -0.15) is 0 Å². The number of benzene rings is 1. The van der Waals surface area contributed by atoms with Crippen molar-refractivity contribution in [2.45, 2.75) is 56.4 Å². The Morgan fingerprint density at radius 3 is 2.60 bits per heavy atom. The zero-order valence-electron chi connectivity index (χ0n) is 16.8. The number of anilines is 1. The first-order chi connectivity index (χ1) is 14.2. The number of ether oxygens (including phenoxy) is 1. The van der Waals surface area contributed by atoms with Crippen LogP contribution in [0, 0.1) is 17.3 Å². The lowest BCUT2D eigenvalue weighted by molar-refractivity contribution is -0.170. The summed E-state index contributed by atoms with van der Waals surface area (Å²) in [6.07, 6.45) is 6.19. The molecule has 4 bridgehead atoms. The first-order valence-electron chi connectivity index (χ1n) is 10.4. The van der Waals surface area contributed by atoms with Gasteiger partial charge in [-0.1, -0.05) is 15.9 Å². The van der Waals surface area contributed by atoms with E-state index in [9.17, 15) is 14.4 Å². The first kappa shape index (κ1) is 19.8. The van der Waals surface area contributed by atoms with Gasteiger partial charge in [-0.15, -0.1) is 0 Å². The number of hydrogen-bond acceptors (Lipinski definition) is 5. The summed E-state index contributed by atoms with van der Waals surface area (Å²) in [4.78, 5) is 36.5. The van der Waals surface area contributed by atoms with Crippen molar-refractivity contribution in [2.75, 3.05) is 5.32 Å². The number of carbonyl (C=O) groups is 2. The molecule has 4 aliphatic carbocycles. The van der Waals surface area contributed by atoms with Gasteiger partial charge in [0, 0.05) is 40.0 Å². The Hall–Kier alpha value is -2.15. The standard InChI is InChI=1S/C23H24BrNO5/c1-13(26)25-17-2-3-18-16(5-20(27)30-19(18)6-17)11-29-21(28)22-7-14-4-15(8-22)10-23(24,9-14)12-22/h2-3,5-6,14-15H,4,7-12H2,1H3,(H,25,26). The Morgan fingerprint density at radius 1 is 1.20 bits per heavy atom. The van der Waals surface area contributed by atoms with Crippen LogP contribution in [0.1, 0.15) is 51.0 Å². The van der Waals surface area contributed by atoms with Crippen molar-refractivity contribution in [2.24, 2.45) is 17.3 Å². The summed E-state index contributed by atoms with van der Waals surface area (Å²) in [7, 11) is 0. The molecular weight excluding hydrogens is 450 g/mol. The number of esters is 1. The van der Waals surface area contributed by atoms with Crippen molar-refractivity contribution in [3.05, 3.63) is 40.2 Å². The summed E-state index contributed by atoms with van der Waals surface area (Å²) in [6, 6.07) is 6.49. The van der Waals surface area contributed by atoms with Gasteiger partial charge in [-0.05, 0) is 62.5 Å². The Bertz CT molecular complexity index is 1090. The molecule has 0 aliphatic heterocycles. The molecule has 7 heteroatoms. The highest BCUT2D eigenvalue weighted by molar-refractivity contribution is 9.10. The number of nitrogens with one attached hydrogen (secondary N) is 1. The highest BCUT2D eigenvalue weighted by Gasteiger charge is 2.60. The van der Waals surface area contributed by atoms with Crippen LogP contribution in [-0.2, 0) is 20.9 Å². The molecule has 0 radical (unpaired) electrons. The van der Waals surface area contributed by atoms with Crippen molar-refractivity contribution in [3.8, 4) is 0 Å². The van der Waals surface area contributed by atoms with Gasteiger partial charge in [-0.3, -0.25) is 9.59 Å². The van der Waals surface area contributed by atoms with E-state index in [0.717, 1.165) is 32.1 Å². The second kappa shape index (κ2) is 6.94. The van der Waals surface area contributed by atoms with Gasteiger partial charge < -0.3 is 14.5 Å². The lowest BCUT2D eigenvalue weighted by atomic mass is 9.49. The lowest BCUT2D eigenvalue weighted by Crippen LogP contribution is -2.56. The van der Waals surface area contributed by atoms with Crippen LogP contribution in [0.5, 0.6) is 0 Å². The zero-order valence-corrected chi connectivity index (χ0v) is 18.4. The number of hydrogen-bond donors (Lipinski definition) is 1. The van der Waals surface area contributed by atoms with Crippen LogP contribution in [-0.4, -0.2) is 16.2 Å². The highest BCUT2D eigenvalue weighted by atomic mass is 79.9. The average molecular weight is 474 g/mol. The van der Waals surface area contributed by atoms with Crippen molar-refractivity contribution >= 4 is 44.5 Å². The maximum Gasteiger partial charge on any atom is 0.336 e. The van der Waals surface area contributed by atoms with E-state index in [1.165, 1.54) is 19.4 Å². The molecule has 2 unspecified atom stereocenters. The molecule has 158 valence electrons. The van der Waals surface area contributed by atoms with Crippen LogP contribution in [0.25, 0.3) is 11.0 Å². The average Bonchev–Trinajstić information content (AvgIpc) is 2.62. The summed E-state index contributed by atoms with van der Waals surface area (Å²) < 4.78 is 11.2. The Labute approximate surface area is 182 Å². The molecular formula is C23H24BrNO5. The van der Waals surface area contributed by atoms with E-state index in [4.69, 9.17) is 9.15 Å². The second-order valence-electron chi connectivity index (χ2n) is 9.45. The lowest BCUT2D eigenvalue weighted by Gasteiger charge is -2.58. The van der Waals surface area contributed by atoms with E-state index < -0.39 is 11.0 Å². The van der Waals surface area contributed by atoms with Crippen LogP contribution >= 0.6 is 15.9 Å². The Balaban J connectivity index is 1.38. The molecule has 6 nitrogen and oxygen atoms in total. The van der Waals surface area contributed by atoms with Gasteiger partial charge >= 0.3 is 11.6 Å². The van der Waals surface area contributed by atoms with Crippen molar-refractivity contribution < 1.29 is 18.7 Å². The number of fused-ring (bicyclic) bond motifs is 1. The molecule has 6 rings (SSSR count). The van der Waals surface area contributed by atoms with Crippen molar-refractivity contribution in [1.82, 2.24) is 0 Å². The topological polar surface area (TPSA) is 85.6 Å². The SMILES string of the molecule is CC(=O)Nc1ccc2c(COC(=O)C34CC5CC(CC(Br)(C5)C3)C4)cc(=O)oc2c1. The fourth-order valence-corrected chi connectivity index (χ4v) is 7.77. The smallest absolute Gasteiger partial charge is 0.336 e. The minimum atomic E-state index is -0.511. The van der Waals surface area contributed by atoms with Gasteiger partial charge in [0.2, 0.25) is 5.91 Å². The third-order valence-corrected chi connectivity index (χ3v) is 7.86. The number of carbonyl (C=O) groups excluding carboxylic acids is 2. The molecule has 1 N–H and O–H groups in total. The third-order valence-electron chi connectivity index (χ3n) is 6.93. The van der Waals surface area contributed by atoms with E-state index >= 15 is 0 Å². The number of amides is 1. The summed E-state index contributed by atoms with van der Waals surface area (Å²) in [6.45, 7) is 1.45. The monoisotopic (exact) mass is 473 g/mol. The maximum absolute atomic E-state index is 13.2. The predicted octanol–water partition coefficient (Wildman–Crippen LogP) is 4.53. The molecule has 1 aromatic carbocycles. The van der Waals surface area contributed by atoms with Gasteiger partial charge in [0.15, 0.2) is 0 Å². The van der Waals surface area contributed by atoms with E-state index in [1.807, 2.05) is 0 Å². The number of rotatable bonds is 4. The van der Waals surface area contributed by atoms with Crippen molar-refractivity contribution in [3.63, 3.8) is 0 Å². The fraction of sp³-hybridized carbons (Fsp3) is 0.522. The third kappa shape index (κ3) is 3.47. The van der Waals surface area contributed by atoms with Crippen LogP contribution in [0.4, 0.5) is 5.69 Å². The van der Waals surface area contributed by atoms with E-state index in [0.29, 0.717) is 34.1 Å². The second-order valence-corrected chi connectivity index (χ2v) is 11.1. The van der Waals surface area contributed by atoms with Gasteiger partial charge in [-0.25, -0.2) is 4.79 Å². The molecule has 2 atom stereocenters. The Morgan fingerprint density at radius 2 is 1.93 bits per heavy atom. The van der Waals surface area contributed by atoms with E-state index in [-0.39, 0.29) is 22.8 Å². The van der Waals surface area contributed by atoms with Gasteiger partial charge in [0.25, 0.3) is 0 Å². The molecule has 30 heavy (non-hydrogen) atoms. The summed E-state index contributed by atoms with van der Waals surface area (Å²) >= 11 is 3.93. The summed E-state index contributed by atoms with van der Waals surface area (Å²) in [5.41, 5.74) is 0.601. The number of alkyl halides is 1. The molecule has 4 saturated carbocycles. The summed E-state index contributed by atoms with van der Waals surface area (Å²) in [5.74, 6) is 0.837. The van der Waals surface area contributed by atoms with E-state index in [1.54, 1.807) is 18.2 Å². The van der Waals surface area contributed by atoms with Crippen LogP contribution in [0.15, 0.2) is 33.5 Å². The van der Waals surface area contributed by atoms with Crippen LogP contribution in [0.2, 0.25) is 0 Å². The molecule has 4 fully saturated rings. The maximum atomic E-state index is 13.2. The van der Waals surface area contributed by atoms with Crippen LogP contribution < -0.4 is 10.9 Å². The largest absolute Gasteiger partial charge is 0.460 e. The number of halogens is 1. The zero-order chi connectivity index (χ0) is 21.1. The molecule has 4 aliphatic rings. The fourth-order valence-electron chi connectivity index (χ4n) is 6.32. The molecule has 0 spiro atoms. The minimum absolute atomic E-state index is 0.0345. The van der Waals surface area contributed by atoms with E-state index in [2.05, 4.69) is 21.2 Å².